The lowest BCUT2D eigenvalue weighted by atomic mass is 10.1. The van der Waals surface area contributed by atoms with Crippen molar-refractivity contribution in [2.45, 2.75) is 12.6 Å². The van der Waals surface area contributed by atoms with Gasteiger partial charge >= 0.3 is 0 Å². The maximum absolute atomic E-state index is 12.6. The number of amides is 3. The molecule has 8 nitrogen and oxygen atoms in total. The molecule has 3 rings (SSSR count). The second-order valence-electron chi connectivity index (χ2n) is 6.67. The Morgan fingerprint density at radius 3 is 2.88 bits per heavy atom. The molecular formula is C17H23N5O3. The number of aromatic nitrogens is 1. The number of piperazine rings is 2. The van der Waals surface area contributed by atoms with Crippen LogP contribution < -0.4 is 0 Å². The van der Waals surface area contributed by atoms with Crippen molar-refractivity contribution in [1.29, 1.82) is 0 Å². The monoisotopic (exact) mass is 345 g/mol. The van der Waals surface area contributed by atoms with Crippen LogP contribution >= 0.6 is 0 Å². The van der Waals surface area contributed by atoms with Crippen LogP contribution in [-0.4, -0.2) is 95.2 Å². The van der Waals surface area contributed by atoms with E-state index in [2.05, 4.69) is 4.98 Å². The van der Waals surface area contributed by atoms with Crippen molar-refractivity contribution in [1.82, 2.24) is 24.6 Å². The summed E-state index contributed by atoms with van der Waals surface area (Å²) >= 11 is 0. The third-order valence-electron chi connectivity index (χ3n) is 4.67. The van der Waals surface area contributed by atoms with Crippen molar-refractivity contribution in [2.24, 2.45) is 0 Å². The van der Waals surface area contributed by atoms with Crippen LogP contribution in [0.15, 0.2) is 24.5 Å². The SMILES string of the molecule is CN(CC(=O)N1CCN2C(=O)CN(C)C(=O)[C@H]2C1)Cc1cccnc1. The predicted molar refractivity (Wildman–Crippen MR) is 90.3 cm³/mol. The van der Waals surface area contributed by atoms with Crippen LogP contribution in [0.2, 0.25) is 0 Å². The molecule has 2 aliphatic heterocycles. The number of hydrogen-bond acceptors (Lipinski definition) is 5. The highest BCUT2D eigenvalue weighted by atomic mass is 16.2. The van der Waals surface area contributed by atoms with E-state index in [0.717, 1.165) is 5.56 Å². The lowest BCUT2D eigenvalue weighted by molar-refractivity contribution is -0.160. The number of likely N-dealkylation sites (N-methyl/N-ethyl adjacent to an activating group) is 2. The lowest BCUT2D eigenvalue weighted by Gasteiger charge is -2.45. The third-order valence-corrected chi connectivity index (χ3v) is 4.67. The van der Waals surface area contributed by atoms with E-state index in [9.17, 15) is 14.4 Å². The van der Waals surface area contributed by atoms with Crippen LogP contribution in [0.3, 0.4) is 0 Å². The number of fused-ring (bicyclic) bond motifs is 1. The zero-order valence-electron chi connectivity index (χ0n) is 14.6. The predicted octanol–water partition coefficient (Wildman–Crippen LogP) is -0.975. The van der Waals surface area contributed by atoms with Gasteiger partial charge in [0.15, 0.2) is 0 Å². The molecule has 0 aromatic carbocycles. The van der Waals surface area contributed by atoms with Crippen molar-refractivity contribution >= 4 is 17.7 Å². The van der Waals surface area contributed by atoms with Gasteiger partial charge in [0.2, 0.25) is 17.7 Å². The number of carbonyl (C=O) groups excluding carboxylic acids is 3. The lowest BCUT2D eigenvalue weighted by Crippen LogP contribution is -2.67. The van der Waals surface area contributed by atoms with Gasteiger partial charge in [0.25, 0.3) is 0 Å². The van der Waals surface area contributed by atoms with Crippen molar-refractivity contribution in [3.8, 4) is 0 Å². The molecule has 25 heavy (non-hydrogen) atoms. The molecule has 0 saturated carbocycles. The number of hydrogen-bond donors (Lipinski definition) is 0. The molecule has 3 amide bonds. The third kappa shape index (κ3) is 3.79. The zero-order valence-corrected chi connectivity index (χ0v) is 14.6. The average molecular weight is 345 g/mol. The van der Waals surface area contributed by atoms with Gasteiger partial charge in [-0.3, -0.25) is 24.3 Å². The smallest absolute Gasteiger partial charge is 0.247 e. The molecule has 2 saturated heterocycles. The topological polar surface area (TPSA) is 77.1 Å². The summed E-state index contributed by atoms with van der Waals surface area (Å²) in [6.07, 6.45) is 3.50. The van der Waals surface area contributed by atoms with Crippen molar-refractivity contribution in [2.75, 3.05) is 46.8 Å². The summed E-state index contributed by atoms with van der Waals surface area (Å²) in [4.78, 5) is 47.7. The molecule has 134 valence electrons. The molecule has 0 aliphatic carbocycles. The summed E-state index contributed by atoms with van der Waals surface area (Å²) in [5.41, 5.74) is 1.04. The van der Waals surface area contributed by atoms with Crippen molar-refractivity contribution in [3.05, 3.63) is 30.1 Å². The Labute approximate surface area is 147 Å². The fourth-order valence-electron chi connectivity index (χ4n) is 3.34. The molecule has 1 aromatic rings. The van der Waals surface area contributed by atoms with Gasteiger partial charge in [-0.2, -0.15) is 0 Å². The van der Waals surface area contributed by atoms with Crippen LogP contribution in [0.5, 0.6) is 0 Å². The second-order valence-corrected chi connectivity index (χ2v) is 6.67. The van der Waals surface area contributed by atoms with Gasteiger partial charge in [-0.25, -0.2) is 0 Å². The molecule has 1 aromatic heterocycles. The molecule has 2 fully saturated rings. The van der Waals surface area contributed by atoms with E-state index in [0.29, 0.717) is 19.6 Å². The normalized spacial score (nSPS) is 20.9. The first kappa shape index (κ1) is 17.3. The molecule has 1 atom stereocenters. The molecule has 0 bridgehead atoms. The molecule has 8 heteroatoms. The van der Waals surface area contributed by atoms with E-state index in [4.69, 9.17) is 0 Å². The first-order chi connectivity index (χ1) is 12.0. The minimum Gasteiger partial charge on any atom is -0.337 e. The summed E-state index contributed by atoms with van der Waals surface area (Å²) < 4.78 is 0. The maximum atomic E-state index is 12.6. The average Bonchev–Trinajstić information content (AvgIpc) is 2.60. The standard InChI is InChI=1S/C17H23N5O3/c1-19(9-13-4-3-5-18-8-13)11-15(23)21-6-7-22-14(10-21)17(25)20(2)12-16(22)24/h3-5,8,14H,6-7,9-12H2,1-2H3/t14-/m1/s1. The Bertz CT molecular complexity index is 666. The quantitative estimate of drug-likeness (QED) is 0.701. The molecule has 0 spiro atoms. The first-order valence-electron chi connectivity index (χ1n) is 8.35. The Hall–Kier alpha value is -2.48. The summed E-state index contributed by atoms with van der Waals surface area (Å²) in [6, 6.07) is 3.29. The highest BCUT2D eigenvalue weighted by molar-refractivity contribution is 5.95. The largest absolute Gasteiger partial charge is 0.337 e. The molecule has 3 heterocycles. The van der Waals surface area contributed by atoms with Gasteiger partial charge in [0, 0.05) is 39.1 Å². The van der Waals surface area contributed by atoms with Crippen LogP contribution in [0.4, 0.5) is 0 Å². The molecular weight excluding hydrogens is 322 g/mol. The Kier molecular flexibility index (Phi) is 4.98. The van der Waals surface area contributed by atoms with Gasteiger partial charge in [-0.1, -0.05) is 6.07 Å². The van der Waals surface area contributed by atoms with E-state index in [1.54, 1.807) is 29.2 Å². The summed E-state index contributed by atoms with van der Waals surface area (Å²) in [5.74, 6) is -0.173. The van der Waals surface area contributed by atoms with E-state index < -0.39 is 6.04 Å². The van der Waals surface area contributed by atoms with Gasteiger partial charge in [-0.15, -0.1) is 0 Å². The zero-order chi connectivity index (χ0) is 18.0. The highest BCUT2D eigenvalue weighted by Crippen LogP contribution is 2.17. The Morgan fingerprint density at radius 2 is 2.16 bits per heavy atom. The Balaban J connectivity index is 1.58. The highest BCUT2D eigenvalue weighted by Gasteiger charge is 2.42. The van der Waals surface area contributed by atoms with E-state index in [1.807, 2.05) is 24.1 Å². The van der Waals surface area contributed by atoms with Crippen LogP contribution in [-0.2, 0) is 20.9 Å². The Morgan fingerprint density at radius 1 is 1.36 bits per heavy atom. The molecule has 0 N–H and O–H groups in total. The number of rotatable bonds is 4. The van der Waals surface area contributed by atoms with Crippen molar-refractivity contribution < 1.29 is 14.4 Å². The fraction of sp³-hybridized carbons (Fsp3) is 0.529. The summed E-state index contributed by atoms with van der Waals surface area (Å²) in [5, 5.41) is 0. The van der Waals surface area contributed by atoms with Crippen LogP contribution in [0.1, 0.15) is 5.56 Å². The van der Waals surface area contributed by atoms with E-state index in [-0.39, 0.29) is 37.4 Å². The van der Waals surface area contributed by atoms with Crippen molar-refractivity contribution in [3.63, 3.8) is 0 Å². The van der Waals surface area contributed by atoms with E-state index in [1.165, 1.54) is 4.90 Å². The summed E-state index contributed by atoms with van der Waals surface area (Å²) in [6.45, 7) is 2.17. The maximum Gasteiger partial charge on any atom is 0.247 e. The van der Waals surface area contributed by atoms with Gasteiger partial charge in [0.1, 0.15) is 6.04 Å². The van der Waals surface area contributed by atoms with Crippen LogP contribution in [0, 0.1) is 0 Å². The number of pyridine rings is 1. The fourth-order valence-corrected chi connectivity index (χ4v) is 3.34. The van der Waals surface area contributed by atoms with Gasteiger partial charge in [-0.05, 0) is 18.7 Å². The minimum absolute atomic E-state index is 0.0282. The second kappa shape index (κ2) is 7.18. The minimum atomic E-state index is -0.549. The van der Waals surface area contributed by atoms with Gasteiger partial charge in [0.05, 0.1) is 19.6 Å². The molecule has 2 aliphatic rings. The summed E-state index contributed by atoms with van der Waals surface area (Å²) in [7, 11) is 3.50. The van der Waals surface area contributed by atoms with Gasteiger partial charge < -0.3 is 14.7 Å². The first-order valence-corrected chi connectivity index (χ1v) is 8.35. The van der Waals surface area contributed by atoms with Crippen LogP contribution in [0.25, 0.3) is 0 Å². The number of nitrogens with zero attached hydrogens (tertiary/aromatic N) is 5. The molecule has 0 radical (unpaired) electrons. The van der Waals surface area contributed by atoms with E-state index >= 15 is 0 Å². The molecule has 0 unspecified atom stereocenters. The number of carbonyl (C=O) groups is 3.